The molecule has 9 nitrogen and oxygen atoms in total. The van der Waals surface area contributed by atoms with Crippen molar-refractivity contribution in [2.45, 2.75) is 19.1 Å². The van der Waals surface area contributed by atoms with Gasteiger partial charge in [0.1, 0.15) is 18.7 Å². The summed E-state index contributed by atoms with van der Waals surface area (Å²) in [5.41, 5.74) is 2.96. The Morgan fingerprint density at radius 3 is 2.50 bits per heavy atom. The van der Waals surface area contributed by atoms with Crippen LogP contribution in [0.2, 0.25) is 0 Å². The number of benzene rings is 3. The Balaban J connectivity index is 1.32. The van der Waals surface area contributed by atoms with Gasteiger partial charge in [-0.15, -0.1) is 5.10 Å². The Bertz CT molecular complexity index is 1370. The van der Waals surface area contributed by atoms with E-state index in [1.54, 1.807) is 41.3 Å². The van der Waals surface area contributed by atoms with Gasteiger partial charge in [-0.25, -0.2) is 9.07 Å². The van der Waals surface area contributed by atoms with Gasteiger partial charge in [-0.05, 0) is 64.4 Å². The van der Waals surface area contributed by atoms with E-state index in [2.05, 4.69) is 15.5 Å². The van der Waals surface area contributed by atoms with Crippen LogP contribution in [0.4, 0.5) is 4.39 Å². The molecule has 0 saturated carbocycles. The lowest BCUT2D eigenvalue weighted by Crippen LogP contribution is -2.40. The van der Waals surface area contributed by atoms with Crippen molar-refractivity contribution < 1.29 is 18.7 Å². The molecule has 3 aromatic carbocycles. The maximum Gasteiger partial charge on any atom is 0.254 e. The van der Waals surface area contributed by atoms with Crippen LogP contribution in [0.25, 0.3) is 5.69 Å². The van der Waals surface area contributed by atoms with Gasteiger partial charge in [0.15, 0.2) is 0 Å². The summed E-state index contributed by atoms with van der Waals surface area (Å²) in [7, 11) is 0. The van der Waals surface area contributed by atoms with E-state index >= 15 is 0 Å². The maximum atomic E-state index is 13.7. The SMILES string of the molecule is O=C1CN(C(=O)c2ccc(-n3cnnn3)cc2)C[C@@H](OCc2cccc(F)c2)CN1CCc1ccccc1. The minimum absolute atomic E-state index is 0.0534. The molecule has 1 aliphatic rings. The van der Waals surface area contributed by atoms with E-state index in [0.717, 1.165) is 5.56 Å². The summed E-state index contributed by atoms with van der Waals surface area (Å²) in [6.07, 6.45) is 1.72. The molecular formula is C28H27FN6O3. The molecule has 0 radical (unpaired) electrons. The van der Waals surface area contributed by atoms with Crippen LogP contribution in [-0.2, 0) is 22.6 Å². The number of halogens is 1. The molecule has 0 N–H and O–H groups in total. The first-order chi connectivity index (χ1) is 18.5. The van der Waals surface area contributed by atoms with Crippen molar-refractivity contribution in [1.82, 2.24) is 30.0 Å². The Labute approximate surface area is 219 Å². The van der Waals surface area contributed by atoms with Gasteiger partial charge in [0.25, 0.3) is 5.91 Å². The lowest BCUT2D eigenvalue weighted by Gasteiger charge is -2.25. The monoisotopic (exact) mass is 514 g/mol. The van der Waals surface area contributed by atoms with Gasteiger partial charge in [-0.1, -0.05) is 42.5 Å². The van der Waals surface area contributed by atoms with Crippen molar-refractivity contribution >= 4 is 11.8 Å². The summed E-state index contributed by atoms with van der Waals surface area (Å²) >= 11 is 0. The fraction of sp³-hybridized carbons (Fsp3) is 0.250. The molecule has 2 amide bonds. The van der Waals surface area contributed by atoms with Crippen molar-refractivity contribution in [2.75, 3.05) is 26.2 Å². The zero-order valence-corrected chi connectivity index (χ0v) is 20.7. The van der Waals surface area contributed by atoms with Crippen LogP contribution in [0, 0.1) is 5.82 Å². The van der Waals surface area contributed by atoms with Crippen LogP contribution in [-0.4, -0.2) is 74.1 Å². The zero-order valence-electron chi connectivity index (χ0n) is 20.7. The van der Waals surface area contributed by atoms with Crippen LogP contribution in [0.1, 0.15) is 21.5 Å². The normalized spacial score (nSPS) is 15.9. The summed E-state index contributed by atoms with van der Waals surface area (Å²) in [4.78, 5) is 30.0. The molecule has 4 aromatic rings. The summed E-state index contributed by atoms with van der Waals surface area (Å²) in [6, 6.07) is 23.0. The van der Waals surface area contributed by atoms with Crippen LogP contribution < -0.4 is 0 Å². The molecule has 2 heterocycles. The van der Waals surface area contributed by atoms with Gasteiger partial charge < -0.3 is 14.5 Å². The average molecular weight is 515 g/mol. The van der Waals surface area contributed by atoms with E-state index in [0.29, 0.717) is 36.3 Å². The molecular weight excluding hydrogens is 487 g/mol. The lowest BCUT2D eigenvalue weighted by atomic mass is 10.1. The molecule has 0 unspecified atom stereocenters. The van der Waals surface area contributed by atoms with Gasteiger partial charge in [-0.3, -0.25) is 9.59 Å². The van der Waals surface area contributed by atoms with Crippen LogP contribution in [0.15, 0.2) is 85.2 Å². The number of tetrazole rings is 1. The largest absolute Gasteiger partial charge is 0.370 e. The maximum absolute atomic E-state index is 13.7. The standard InChI is InChI=1S/C28H27FN6O3/c29-24-8-4-7-22(15-24)19-38-26-16-33(14-13-21-5-2-1-3-6-21)27(36)18-34(17-26)28(37)23-9-11-25(12-10-23)35-20-30-31-32-35/h1-12,15,20,26H,13-14,16-19H2/t26-/m0/s1. The summed E-state index contributed by atoms with van der Waals surface area (Å²) in [5.74, 6) is -0.754. The van der Waals surface area contributed by atoms with Crippen LogP contribution in [0.5, 0.6) is 0 Å². The molecule has 0 spiro atoms. The molecule has 1 aliphatic heterocycles. The predicted molar refractivity (Wildman–Crippen MR) is 137 cm³/mol. The smallest absolute Gasteiger partial charge is 0.254 e. The molecule has 1 atom stereocenters. The molecule has 1 aromatic heterocycles. The number of aromatic nitrogens is 4. The molecule has 10 heteroatoms. The van der Waals surface area contributed by atoms with E-state index in [1.165, 1.54) is 28.0 Å². The Morgan fingerprint density at radius 1 is 0.974 bits per heavy atom. The minimum Gasteiger partial charge on any atom is -0.370 e. The fourth-order valence-electron chi connectivity index (χ4n) is 4.42. The molecule has 0 bridgehead atoms. The predicted octanol–water partition coefficient (Wildman–Crippen LogP) is 2.91. The molecule has 5 rings (SSSR count). The Kier molecular flexibility index (Phi) is 7.79. The highest BCUT2D eigenvalue weighted by Crippen LogP contribution is 2.17. The second kappa shape index (κ2) is 11.7. The van der Waals surface area contributed by atoms with Crippen molar-refractivity contribution in [3.05, 3.63) is 108 Å². The summed E-state index contributed by atoms with van der Waals surface area (Å²) in [6.45, 7) is 1.19. The van der Waals surface area contributed by atoms with Crippen molar-refractivity contribution in [3.63, 3.8) is 0 Å². The van der Waals surface area contributed by atoms with Crippen molar-refractivity contribution in [1.29, 1.82) is 0 Å². The summed E-state index contributed by atoms with van der Waals surface area (Å²) in [5, 5.41) is 11.1. The van der Waals surface area contributed by atoms with E-state index in [9.17, 15) is 14.0 Å². The van der Waals surface area contributed by atoms with Gasteiger partial charge >= 0.3 is 0 Å². The van der Waals surface area contributed by atoms with E-state index < -0.39 is 6.10 Å². The highest BCUT2D eigenvalue weighted by atomic mass is 19.1. The van der Waals surface area contributed by atoms with Crippen LogP contribution in [0.3, 0.4) is 0 Å². The number of hydrogen-bond donors (Lipinski definition) is 0. The van der Waals surface area contributed by atoms with Crippen LogP contribution >= 0.6 is 0 Å². The minimum atomic E-state index is -0.440. The van der Waals surface area contributed by atoms with Crippen molar-refractivity contribution in [3.8, 4) is 5.69 Å². The number of rotatable bonds is 8. The van der Waals surface area contributed by atoms with E-state index in [-0.39, 0.29) is 37.3 Å². The first kappa shape index (κ1) is 25.2. The molecule has 194 valence electrons. The fourth-order valence-corrected chi connectivity index (χ4v) is 4.42. The third-order valence-corrected chi connectivity index (χ3v) is 6.43. The average Bonchev–Trinajstić information content (AvgIpc) is 3.43. The molecule has 1 saturated heterocycles. The quantitative estimate of drug-likeness (QED) is 0.359. The third-order valence-electron chi connectivity index (χ3n) is 6.43. The highest BCUT2D eigenvalue weighted by molar-refractivity contribution is 5.97. The third kappa shape index (κ3) is 6.27. The number of carbonyl (C=O) groups excluding carboxylic acids is 2. The first-order valence-corrected chi connectivity index (χ1v) is 12.4. The number of carbonyl (C=O) groups is 2. The molecule has 38 heavy (non-hydrogen) atoms. The summed E-state index contributed by atoms with van der Waals surface area (Å²) < 4.78 is 21.3. The lowest BCUT2D eigenvalue weighted by molar-refractivity contribution is -0.131. The Hall–Kier alpha value is -4.44. The van der Waals surface area contributed by atoms with Gasteiger partial charge in [0.2, 0.25) is 5.91 Å². The number of amides is 2. The Morgan fingerprint density at radius 2 is 1.76 bits per heavy atom. The highest BCUT2D eigenvalue weighted by Gasteiger charge is 2.31. The van der Waals surface area contributed by atoms with Gasteiger partial charge in [0, 0.05) is 25.2 Å². The number of nitrogens with zero attached hydrogens (tertiary/aromatic N) is 6. The topological polar surface area (TPSA) is 93.5 Å². The molecule has 0 aliphatic carbocycles. The zero-order chi connectivity index (χ0) is 26.3. The van der Waals surface area contributed by atoms with Crippen molar-refractivity contribution in [2.24, 2.45) is 0 Å². The second-order valence-electron chi connectivity index (χ2n) is 9.13. The van der Waals surface area contributed by atoms with Gasteiger partial charge in [0.05, 0.1) is 18.4 Å². The molecule has 1 fully saturated rings. The second-order valence-corrected chi connectivity index (χ2v) is 9.13. The van der Waals surface area contributed by atoms with E-state index in [4.69, 9.17) is 4.74 Å². The first-order valence-electron chi connectivity index (χ1n) is 12.4. The van der Waals surface area contributed by atoms with E-state index in [1.807, 2.05) is 30.3 Å². The number of hydrogen-bond acceptors (Lipinski definition) is 6. The van der Waals surface area contributed by atoms with Gasteiger partial charge in [-0.2, -0.15) is 0 Å². The number of ether oxygens (including phenoxy) is 1.